The van der Waals surface area contributed by atoms with Gasteiger partial charge in [-0.1, -0.05) is 12.1 Å². The van der Waals surface area contributed by atoms with E-state index in [9.17, 15) is 4.79 Å². The van der Waals surface area contributed by atoms with Gasteiger partial charge in [0.25, 0.3) is 0 Å². The van der Waals surface area contributed by atoms with Gasteiger partial charge >= 0.3 is 0 Å². The Bertz CT molecular complexity index is 497. The Kier molecular flexibility index (Phi) is 6.09. The largest absolute Gasteiger partial charge is 0.497 e. The van der Waals surface area contributed by atoms with Crippen molar-refractivity contribution < 1.29 is 9.53 Å². The predicted molar refractivity (Wildman–Crippen MR) is 89.4 cm³/mol. The smallest absolute Gasteiger partial charge is 0.220 e. The van der Waals surface area contributed by atoms with E-state index in [0.29, 0.717) is 31.0 Å². The van der Waals surface area contributed by atoms with Crippen LogP contribution in [0.25, 0.3) is 0 Å². The second kappa shape index (κ2) is 7.84. The molecule has 0 radical (unpaired) electrons. The lowest BCUT2D eigenvalue weighted by atomic mass is 9.89. The molecule has 2 aliphatic rings. The third-order valence-corrected chi connectivity index (χ3v) is 4.67. The van der Waals surface area contributed by atoms with Crippen molar-refractivity contribution in [2.75, 3.05) is 7.11 Å². The fourth-order valence-corrected chi connectivity index (χ4v) is 3.66. The molecule has 2 bridgehead atoms. The molecule has 122 valence electrons. The Morgan fingerprint density at radius 1 is 1.32 bits per heavy atom. The van der Waals surface area contributed by atoms with Gasteiger partial charge in [-0.2, -0.15) is 0 Å². The Balaban J connectivity index is 0.00000176. The van der Waals surface area contributed by atoms with Crippen LogP contribution in [0.1, 0.15) is 37.7 Å². The van der Waals surface area contributed by atoms with Gasteiger partial charge in [0.2, 0.25) is 5.91 Å². The molecule has 22 heavy (non-hydrogen) atoms. The molecule has 2 aliphatic heterocycles. The molecule has 0 aliphatic carbocycles. The predicted octanol–water partition coefficient (Wildman–Crippen LogP) is 2.65. The van der Waals surface area contributed by atoms with Crippen LogP contribution in [0.4, 0.5) is 0 Å². The van der Waals surface area contributed by atoms with Gasteiger partial charge < -0.3 is 15.4 Å². The second-order valence-corrected chi connectivity index (χ2v) is 6.31. The molecular weight excluding hydrogens is 300 g/mol. The van der Waals surface area contributed by atoms with E-state index in [1.807, 2.05) is 24.3 Å². The van der Waals surface area contributed by atoms with E-state index in [0.717, 1.165) is 24.2 Å². The summed E-state index contributed by atoms with van der Waals surface area (Å²) in [6.45, 7) is 0.577. The number of piperidine rings is 1. The molecule has 1 aromatic rings. The van der Waals surface area contributed by atoms with Crippen molar-refractivity contribution in [3.05, 3.63) is 29.8 Å². The molecule has 2 N–H and O–H groups in total. The van der Waals surface area contributed by atoms with Gasteiger partial charge in [-0.3, -0.25) is 4.79 Å². The first-order valence-electron chi connectivity index (χ1n) is 7.88. The molecule has 1 amide bonds. The molecule has 3 rings (SSSR count). The summed E-state index contributed by atoms with van der Waals surface area (Å²) < 4.78 is 5.19. The van der Waals surface area contributed by atoms with Crippen LogP contribution in [-0.2, 0) is 11.3 Å². The molecule has 5 heteroatoms. The highest BCUT2D eigenvalue weighted by atomic mass is 35.5. The number of ether oxygens (including phenoxy) is 1. The molecule has 1 aromatic carbocycles. The van der Waals surface area contributed by atoms with Gasteiger partial charge in [0.1, 0.15) is 5.75 Å². The second-order valence-electron chi connectivity index (χ2n) is 6.31. The molecule has 0 saturated carbocycles. The first-order valence-corrected chi connectivity index (χ1v) is 7.88. The van der Waals surface area contributed by atoms with Crippen molar-refractivity contribution in [3.8, 4) is 5.75 Å². The number of hydrogen-bond donors (Lipinski definition) is 2. The van der Waals surface area contributed by atoms with Gasteiger partial charge in [0.05, 0.1) is 7.11 Å². The fourth-order valence-electron chi connectivity index (χ4n) is 3.66. The highest BCUT2D eigenvalue weighted by molar-refractivity contribution is 5.85. The van der Waals surface area contributed by atoms with Crippen molar-refractivity contribution in [3.63, 3.8) is 0 Å². The third-order valence-electron chi connectivity index (χ3n) is 4.67. The minimum absolute atomic E-state index is 0. The molecule has 2 fully saturated rings. The number of amides is 1. The van der Waals surface area contributed by atoms with Crippen LogP contribution in [0.15, 0.2) is 24.3 Å². The molecule has 0 aromatic heterocycles. The number of fused-ring (bicyclic) bond motifs is 2. The number of hydrogen-bond acceptors (Lipinski definition) is 3. The number of rotatable bonds is 5. The van der Waals surface area contributed by atoms with E-state index in [4.69, 9.17) is 4.74 Å². The van der Waals surface area contributed by atoms with Crippen molar-refractivity contribution in [1.29, 1.82) is 0 Å². The minimum atomic E-state index is 0. The van der Waals surface area contributed by atoms with Gasteiger partial charge in [-0.05, 0) is 49.3 Å². The standard InChI is InChI=1S/C17H24N2O2.ClH/c1-21-16-4-2-3-12(9-16)11-18-17(20)10-13-7-14-5-6-15(8-13)19-14;/h2-4,9,13-15,19H,5-8,10-11H2,1H3,(H,18,20);1H. The SMILES string of the molecule is COc1cccc(CNC(=O)CC2CC3CCC(C2)N3)c1.Cl. The molecule has 2 heterocycles. The van der Waals surface area contributed by atoms with Gasteiger partial charge in [0.15, 0.2) is 0 Å². The Labute approximate surface area is 138 Å². The lowest BCUT2D eigenvalue weighted by molar-refractivity contribution is -0.122. The lowest BCUT2D eigenvalue weighted by Crippen LogP contribution is -2.39. The first kappa shape index (κ1) is 17.1. The number of benzene rings is 1. The van der Waals surface area contributed by atoms with E-state index in [-0.39, 0.29) is 18.3 Å². The normalized spacial score (nSPS) is 26.1. The van der Waals surface area contributed by atoms with E-state index < -0.39 is 0 Å². The zero-order valence-corrected chi connectivity index (χ0v) is 13.8. The van der Waals surface area contributed by atoms with E-state index in [1.165, 1.54) is 12.8 Å². The van der Waals surface area contributed by atoms with Crippen LogP contribution in [0.3, 0.4) is 0 Å². The number of halogens is 1. The van der Waals surface area contributed by atoms with Gasteiger partial charge in [-0.25, -0.2) is 0 Å². The minimum Gasteiger partial charge on any atom is -0.497 e. The van der Waals surface area contributed by atoms with E-state index in [2.05, 4.69) is 10.6 Å². The van der Waals surface area contributed by atoms with Crippen LogP contribution in [0.2, 0.25) is 0 Å². The maximum atomic E-state index is 12.1. The molecule has 4 nitrogen and oxygen atoms in total. The van der Waals surface area contributed by atoms with Crippen LogP contribution in [-0.4, -0.2) is 25.1 Å². The molecule has 0 spiro atoms. The van der Waals surface area contributed by atoms with E-state index in [1.54, 1.807) is 7.11 Å². The summed E-state index contributed by atoms with van der Waals surface area (Å²) >= 11 is 0. The van der Waals surface area contributed by atoms with Crippen LogP contribution in [0, 0.1) is 5.92 Å². The van der Waals surface area contributed by atoms with Crippen LogP contribution >= 0.6 is 12.4 Å². The Hall–Kier alpha value is -1.26. The molecule has 2 saturated heterocycles. The number of nitrogens with one attached hydrogen (secondary N) is 2. The highest BCUT2D eigenvalue weighted by Gasteiger charge is 2.34. The zero-order valence-electron chi connectivity index (χ0n) is 13.0. The van der Waals surface area contributed by atoms with Crippen molar-refractivity contribution in [1.82, 2.24) is 10.6 Å². The topological polar surface area (TPSA) is 50.4 Å². The van der Waals surface area contributed by atoms with Crippen molar-refractivity contribution >= 4 is 18.3 Å². The van der Waals surface area contributed by atoms with Crippen molar-refractivity contribution in [2.24, 2.45) is 5.92 Å². The Morgan fingerprint density at radius 2 is 2.05 bits per heavy atom. The first-order chi connectivity index (χ1) is 10.2. The van der Waals surface area contributed by atoms with Gasteiger partial charge in [0, 0.05) is 25.0 Å². The van der Waals surface area contributed by atoms with Crippen LogP contribution in [0.5, 0.6) is 5.75 Å². The number of methoxy groups -OCH3 is 1. The highest BCUT2D eigenvalue weighted by Crippen LogP contribution is 2.32. The monoisotopic (exact) mass is 324 g/mol. The Morgan fingerprint density at radius 3 is 2.73 bits per heavy atom. The van der Waals surface area contributed by atoms with Crippen LogP contribution < -0.4 is 15.4 Å². The molecular formula is C17H25ClN2O2. The zero-order chi connectivity index (χ0) is 14.7. The summed E-state index contributed by atoms with van der Waals surface area (Å²) in [5.74, 6) is 1.55. The third kappa shape index (κ3) is 4.37. The molecule has 2 atom stereocenters. The number of carbonyl (C=O) groups is 1. The maximum absolute atomic E-state index is 12.1. The summed E-state index contributed by atoms with van der Waals surface area (Å²) in [5.41, 5.74) is 1.08. The quantitative estimate of drug-likeness (QED) is 0.875. The average molecular weight is 325 g/mol. The lowest BCUT2D eigenvalue weighted by Gasteiger charge is -2.28. The van der Waals surface area contributed by atoms with Crippen molar-refractivity contribution in [2.45, 2.75) is 50.7 Å². The summed E-state index contributed by atoms with van der Waals surface area (Å²) in [6, 6.07) is 9.14. The van der Waals surface area contributed by atoms with E-state index >= 15 is 0 Å². The average Bonchev–Trinajstić information content (AvgIpc) is 2.84. The summed E-state index contributed by atoms with van der Waals surface area (Å²) in [7, 11) is 1.66. The van der Waals surface area contributed by atoms with Gasteiger partial charge in [-0.15, -0.1) is 12.4 Å². The summed E-state index contributed by atoms with van der Waals surface area (Å²) in [6.07, 6.45) is 5.55. The number of carbonyl (C=O) groups excluding carboxylic acids is 1. The summed E-state index contributed by atoms with van der Waals surface area (Å²) in [5, 5.41) is 6.65. The molecule has 2 unspecified atom stereocenters. The maximum Gasteiger partial charge on any atom is 0.220 e. The fraction of sp³-hybridized carbons (Fsp3) is 0.588. The summed E-state index contributed by atoms with van der Waals surface area (Å²) in [4.78, 5) is 12.1.